The van der Waals surface area contributed by atoms with Crippen LogP contribution in [0.5, 0.6) is 0 Å². The molecule has 7 heteroatoms. The van der Waals surface area contributed by atoms with Gasteiger partial charge in [0.15, 0.2) is 9.84 Å². The van der Waals surface area contributed by atoms with Gasteiger partial charge in [-0.15, -0.1) is 11.3 Å². The lowest BCUT2D eigenvalue weighted by Gasteiger charge is -2.22. The van der Waals surface area contributed by atoms with Gasteiger partial charge >= 0.3 is 0 Å². The second-order valence-corrected chi connectivity index (χ2v) is 10.1. The molecule has 1 aromatic heterocycles. The van der Waals surface area contributed by atoms with Crippen LogP contribution in [0.4, 0.5) is 5.69 Å². The van der Waals surface area contributed by atoms with Crippen LogP contribution in [0.25, 0.3) is 10.4 Å². The molecule has 0 radical (unpaired) electrons. The van der Waals surface area contributed by atoms with Gasteiger partial charge < -0.3 is 4.90 Å². The van der Waals surface area contributed by atoms with Gasteiger partial charge in [-0.2, -0.15) is 0 Å². The molecular weight excluding hydrogens is 414 g/mol. The molecule has 0 saturated carbocycles. The topological polar surface area (TPSA) is 54.5 Å². The molecule has 1 aliphatic heterocycles. The van der Waals surface area contributed by atoms with Gasteiger partial charge in [0.05, 0.1) is 15.5 Å². The van der Waals surface area contributed by atoms with Crippen LogP contribution in [0, 0.1) is 6.92 Å². The van der Waals surface area contributed by atoms with Gasteiger partial charge in [0, 0.05) is 27.7 Å². The Bertz CT molecular complexity index is 1200. The molecule has 0 N–H and O–H groups in total. The highest BCUT2D eigenvalue weighted by molar-refractivity contribution is 7.91. The van der Waals surface area contributed by atoms with E-state index in [1.807, 2.05) is 38.1 Å². The first kappa shape index (κ1) is 19.2. The Balaban J connectivity index is 1.80. The Kier molecular flexibility index (Phi) is 4.81. The summed E-state index contributed by atoms with van der Waals surface area (Å²) in [7, 11) is -3.48. The molecule has 4 rings (SSSR count). The van der Waals surface area contributed by atoms with E-state index in [0.717, 1.165) is 16.1 Å². The van der Waals surface area contributed by atoms with Gasteiger partial charge in [0.2, 0.25) is 0 Å². The number of hydrogen-bond donors (Lipinski definition) is 0. The van der Waals surface area contributed by atoms with E-state index in [0.29, 0.717) is 27.6 Å². The summed E-state index contributed by atoms with van der Waals surface area (Å²) in [6.45, 7) is 4.42. The van der Waals surface area contributed by atoms with Crippen molar-refractivity contribution in [2.45, 2.75) is 24.5 Å². The molecule has 4 nitrogen and oxygen atoms in total. The van der Waals surface area contributed by atoms with Crippen molar-refractivity contribution in [2.75, 3.05) is 11.4 Å². The van der Waals surface area contributed by atoms with Crippen LogP contribution in [0.2, 0.25) is 5.02 Å². The zero-order valence-electron chi connectivity index (χ0n) is 15.4. The van der Waals surface area contributed by atoms with Crippen molar-refractivity contribution < 1.29 is 13.2 Å². The van der Waals surface area contributed by atoms with E-state index in [9.17, 15) is 13.2 Å². The smallest absolute Gasteiger partial charge is 0.268 e. The minimum Gasteiger partial charge on any atom is -0.308 e. The van der Waals surface area contributed by atoms with E-state index in [-0.39, 0.29) is 16.6 Å². The van der Waals surface area contributed by atoms with Gasteiger partial charge in [0.25, 0.3) is 5.91 Å². The number of benzene rings is 2. The molecule has 1 aliphatic rings. The molecule has 0 saturated heterocycles. The number of nitrogens with zero attached hydrogens (tertiary/aromatic N) is 1. The zero-order valence-corrected chi connectivity index (χ0v) is 17.8. The summed E-state index contributed by atoms with van der Waals surface area (Å²) in [6.07, 6.45) is 0. The number of anilines is 1. The maximum atomic E-state index is 13.2. The molecule has 1 amide bonds. The first-order valence-electron chi connectivity index (χ1n) is 8.84. The summed E-state index contributed by atoms with van der Waals surface area (Å²) in [5, 5.41) is 0.385. The molecule has 3 aromatic rings. The fourth-order valence-electron chi connectivity index (χ4n) is 3.52. The summed E-state index contributed by atoms with van der Waals surface area (Å²) in [5.74, 6) is -0.236. The third-order valence-electron chi connectivity index (χ3n) is 4.86. The molecule has 2 aromatic carbocycles. The number of rotatable bonds is 3. The van der Waals surface area contributed by atoms with Crippen molar-refractivity contribution in [3.63, 3.8) is 0 Å². The van der Waals surface area contributed by atoms with Crippen molar-refractivity contribution in [1.82, 2.24) is 0 Å². The Hall–Kier alpha value is -2.15. The van der Waals surface area contributed by atoms with E-state index in [2.05, 4.69) is 0 Å². The van der Waals surface area contributed by atoms with Gasteiger partial charge in [0.1, 0.15) is 0 Å². The molecule has 144 valence electrons. The zero-order chi connectivity index (χ0) is 20.1. The van der Waals surface area contributed by atoms with Gasteiger partial charge in [-0.1, -0.05) is 35.9 Å². The molecule has 28 heavy (non-hydrogen) atoms. The van der Waals surface area contributed by atoms with E-state index in [1.54, 1.807) is 23.1 Å². The number of fused-ring (bicyclic) bond motifs is 3. The Morgan fingerprint density at radius 3 is 2.64 bits per heavy atom. The minimum absolute atomic E-state index is 0.115. The first-order valence-corrected chi connectivity index (χ1v) is 11.7. The van der Waals surface area contributed by atoms with E-state index < -0.39 is 9.84 Å². The Labute approximate surface area is 173 Å². The van der Waals surface area contributed by atoms with Crippen molar-refractivity contribution in [3.8, 4) is 10.4 Å². The Morgan fingerprint density at radius 1 is 1.18 bits per heavy atom. The number of hydrogen-bond acceptors (Lipinski definition) is 4. The predicted molar refractivity (Wildman–Crippen MR) is 114 cm³/mol. The number of aryl methyl sites for hydroxylation is 1. The summed E-state index contributed by atoms with van der Waals surface area (Å²) in [4.78, 5) is 16.6. The fourth-order valence-corrected chi connectivity index (χ4v) is 6.68. The number of carbonyl (C=O) groups is 1. The molecular formula is C21H18ClNO3S2. The van der Waals surface area contributed by atoms with Crippen LogP contribution in [0.1, 0.15) is 27.7 Å². The van der Waals surface area contributed by atoms with Gasteiger partial charge in [-0.25, -0.2) is 8.42 Å². The lowest BCUT2D eigenvalue weighted by Crippen LogP contribution is -2.30. The van der Waals surface area contributed by atoms with Crippen LogP contribution in [-0.4, -0.2) is 20.9 Å². The highest BCUT2D eigenvalue weighted by Crippen LogP contribution is 2.44. The van der Waals surface area contributed by atoms with E-state index in [1.165, 1.54) is 17.4 Å². The van der Waals surface area contributed by atoms with Crippen molar-refractivity contribution in [1.29, 1.82) is 0 Å². The quantitative estimate of drug-likeness (QED) is 0.563. The molecule has 0 bridgehead atoms. The Morgan fingerprint density at radius 2 is 1.93 bits per heavy atom. The number of thiophene rings is 1. The average molecular weight is 432 g/mol. The lowest BCUT2D eigenvalue weighted by atomic mass is 10.1. The van der Waals surface area contributed by atoms with Crippen LogP contribution in [-0.2, 0) is 15.6 Å². The van der Waals surface area contributed by atoms with Crippen molar-refractivity contribution in [2.24, 2.45) is 0 Å². The highest BCUT2D eigenvalue weighted by atomic mass is 35.5. The van der Waals surface area contributed by atoms with Crippen molar-refractivity contribution >= 4 is 44.4 Å². The summed E-state index contributed by atoms with van der Waals surface area (Å²) in [6, 6.07) is 14.3. The largest absolute Gasteiger partial charge is 0.308 e. The molecule has 0 fully saturated rings. The molecule has 2 heterocycles. The second-order valence-electron chi connectivity index (χ2n) is 6.70. The third-order valence-corrected chi connectivity index (χ3v) is 7.99. The lowest BCUT2D eigenvalue weighted by molar-refractivity contribution is 0.0992. The fraction of sp³-hybridized carbons (Fsp3) is 0.190. The standard InChI is InChI=1S/C21H18ClNO3S2/c1-3-23(17-7-5-4-6-13(17)2)21(24)18-10-14-12-28(25,26)19-11-15(22)8-9-16(19)20(14)27-18/h4-11H,3,12H2,1-2H3. The molecule has 0 unspecified atom stereocenters. The van der Waals surface area contributed by atoms with Crippen LogP contribution in [0.3, 0.4) is 0 Å². The minimum atomic E-state index is -3.48. The monoisotopic (exact) mass is 431 g/mol. The normalized spacial score (nSPS) is 14.2. The maximum Gasteiger partial charge on any atom is 0.268 e. The summed E-state index contributed by atoms with van der Waals surface area (Å²) >= 11 is 7.35. The predicted octanol–water partition coefficient (Wildman–Crippen LogP) is 5.33. The van der Waals surface area contributed by atoms with E-state index >= 15 is 0 Å². The van der Waals surface area contributed by atoms with Crippen molar-refractivity contribution in [3.05, 3.63) is 69.6 Å². The number of carbonyl (C=O) groups excluding carboxylic acids is 1. The van der Waals surface area contributed by atoms with Crippen LogP contribution >= 0.6 is 22.9 Å². The maximum absolute atomic E-state index is 13.2. The molecule has 0 aliphatic carbocycles. The summed E-state index contributed by atoms with van der Waals surface area (Å²) < 4.78 is 25.3. The number of halogens is 1. The first-order chi connectivity index (χ1) is 13.3. The third kappa shape index (κ3) is 3.15. The SMILES string of the molecule is CCN(C(=O)c1cc2c(s1)-c1ccc(Cl)cc1S(=O)(=O)C2)c1ccccc1C. The highest BCUT2D eigenvalue weighted by Gasteiger charge is 2.32. The molecule has 0 spiro atoms. The van der Waals surface area contributed by atoms with Gasteiger partial charge in [-0.3, -0.25) is 4.79 Å². The number of amides is 1. The number of sulfone groups is 1. The van der Waals surface area contributed by atoms with E-state index in [4.69, 9.17) is 11.6 Å². The van der Waals surface area contributed by atoms with Gasteiger partial charge in [-0.05, 0) is 49.2 Å². The number of para-hydroxylation sites is 1. The second kappa shape index (κ2) is 7.03. The molecule has 0 atom stereocenters. The average Bonchev–Trinajstić information content (AvgIpc) is 3.07. The summed E-state index contributed by atoms with van der Waals surface area (Å²) in [5.41, 5.74) is 3.17. The van der Waals surface area contributed by atoms with Crippen LogP contribution in [0.15, 0.2) is 53.4 Å². The van der Waals surface area contributed by atoms with Crippen LogP contribution < -0.4 is 4.90 Å².